The predicted octanol–water partition coefficient (Wildman–Crippen LogP) is 4.33. The maximum absolute atomic E-state index is 6.14. The van der Waals surface area contributed by atoms with Gasteiger partial charge in [-0.25, -0.2) is 4.98 Å². The van der Waals surface area contributed by atoms with Crippen molar-refractivity contribution >= 4 is 22.6 Å². The van der Waals surface area contributed by atoms with Crippen LogP contribution < -0.4 is 9.47 Å². The predicted molar refractivity (Wildman–Crippen MR) is 104 cm³/mol. The van der Waals surface area contributed by atoms with Crippen LogP contribution >= 0.6 is 11.6 Å². The summed E-state index contributed by atoms with van der Waals surface area (Å²) in [4.78, 5) is 4.80. The number of rotatable bonds is 8. The van der Waals surface area contributed by atoms with Crippen LogP contribution in [0, 0.1) is 0 Å². The van der Waals surface area contributed by atoms with Crippen molar-refractivity contribution in [3.8, 4) is 11.5 Å². The molecule has 5 nitrogen and oxygen atoms in total. The Hall–Kier alpha value is -2.24. The van der Waals surface area contributed by atoms with Crippen LogP contribution in [0.3, 0.4) is 0 Å². The molecule has 1 aromatic heterocycles. The molecule has 26 heavy (non-hydrogen) atoms. The van der Waals surface area contributed by atoms with E-state index < -0.39 is 0 Å². The van der Waals surface area contributed by atoms with Crippen molar-refractivity contribution < 1.29 is 14.2 Å². The molecule has 3 aromatic rings. The van der Waals surface area contributed by atoms with E-state index in [1.165, 1.54) is 0 Å². The molecule has 0 spiro atoms. The van der Waals surface area contributed by atoms with Crippen molar-refractivity contribution in [1.29, 1.82) is 0 Å². The number of hydrogen-bond acceptors (Lipinski definition) is 4. The standard InChI is InChI=1S/C20H23ClN2O3/c1-4-26-10-9-23-17-7-6-15(21)13-16(17)22-20(23)12-14-5-8-18(24-2)19(11-14)25-3/h5-8,11,13H,4,9-10,12H2,1-3H3. The van der Waals surface area contributed by atoms with Gasteiger partial charge in [0.15, 0.2) is 11.5 Å². The molecular weight excluding hydrogens is 352 g/mol. The fraction of sp³-hybridized carbons (Fsp3) is 0.350. The summed E-state index contributed by atoms with van der Waals surface area (Å²) in [7, 11) is 3.27. The zero-order valence-electron chi connectivity index (χ0n) is 15.3. The number of benzene rings is 2. The number of hydrogen-bond donors (Lipinski definition) is 0. The number of halogens is 1. The fourth-order valence-electron chi connectivity index (χ4n) is 3.01. The molecule has 138 valence electrons. The number of methoxy groups -OCH3 is 2. The molecule has 0 aliphatic heterocycles. The van der Waals surface area contributed by atoms with Gasteiger partial charge < -0.3 is 18.8 Å². The van der Waals surface area contributed by atoms with Gasteiger partial charge in [-0.2, -0.15) is 0 Å². The lowest BCUT2D eigenvalue weighted by Gasteiger charge is -2.11. The van der Waals surface area contributed by atoms with E-state index in [0.717, 1.165) is 29.0 Å². The maximum atomic E-state index is 6.14. The lowest BCUT2D eigenvalue weighted by molar-refractivity contribution is 0.139. The molecule has 1 heterocycles. The molecule has 0 unspecified atom stereocenters. The van der Waals surface area contributed by atoms with Crippen molar-refractivity contribution in [2.75, 3.05) is 27.4 Å². The van der Waals surface area contributed by atoms with Gasteiger partial charge in [-0.3, -0.25) is 0 Å². The average Bonchev–Trinajstić information content (AvgIpc) is 2.98. The van der Waals surface area contributed by atoms with Gasteiger partial charge >= 0.3 is 0 Å². The minimum atomic E-state index is 0.642. The lowest BCUT2D eigenvalue weighted by Crippen LogP contribution is -2.10. The summed E-state index contributed by atoms with van der Waals surface area (Å²) in [5, 5.41) is 0.685. The van der Waals surface area contributed by atoms with E-state index in [0.29, 0.717) is 36.2 Å². The Morgan fingerprint density at radius 1 is 1.04 bits per heavy atom. The highest BCUT2D eigenvalue weighted by molar-refractivity contribution is 6.31. The third-order valence-corrected chi connectivity index (χ3v) is 4.50. The van der Waals surface area contributed by atoms with Crippen LogP contribution in [0.15, 0.2) is 36.4 Å². The maximum Gasteiger partial charge on any atom is 0.161 e. The van der Waals surface area contributed by atoms with Gasteiger partial charge in [0.25, 0.3) is 0 Å². The first kappa shape index (κ1) is 18.5. The molecule has 0 aliphatic rings. The van der Waals surface area contributed by atoms with Crippen LogP contribution in [0.1, 0.15) is 18.3 Å². The van der Waals surface area contributed by atoms with Gasteiger partial charge in [0.05, 0.1) is 31.9 Å². The third kappa shape index (κ3) is 3.94. The molecule has 0 saturated carbocycles. The molecular formula is C20H23ClN2O3. The molecule has 0 bridgehead atoms. The molecule has 0 atom stereocenters. The molecule has 3 rings (SSSR count). The van der Waals surface area contributed by atoms with Crippen LogP contribution in [-0.2, 0) is 17.7 Å². The van der Waals surface area contributed by atoms with Gasteiger partial charge in [0, 0.05) is 24.6 Å². The molecule has 2 aromatic carbocycles. The lowest BCUT2D eigenvalue weighted by atomic mass is 10.1. The van der Waals surface area contributed by atoms with Crippen LogP contribution in [0.2, 0.25) is 5.02 Å². The summed E-state index contributed by atoms with van der Waals surface area (Å²) in [5.41, 5.74) is 3.05. The number of nitrogens with zero attached hydrogens (tertiary/aromatic N) is 2. The molecule has 0 N–H and O–H groups in total. The van der Waals surface area contributed by atoms with Gasteiger partial charge in [0.1, 0.15) is 5.82 Å². The smallest absolute Gasteiger partial charge is 0.161 e. The van der Waals surface area contributed by atoms with Gasteiger partial charge in [0.2, 0.25) is 0 Å². The van der Waals surface area contributed by atoms with Gasteiger partial charge in [-0.1, -0.05) is 17.7 Å². The number of imidazole rings is 1. The minimum Gasteiger partial charge on any atom is -0.493 e. The summed E-state index contributed by atoms with van der Waals surface area (Å²) in [6.07, 6.45) is 0.679. The van der Waals surface area contributed by atoms with E-state index in [9.17, 15) is 0 Å². The summed E-state index contributed by atoms with van der Waals surface area (Å²) < 4.78 is 18.5. The first-order chi connectivity index (χ1) is 12.7. The fourth-order valence-corrected chi connectivity index (χ4v) is 3.18. The Morgan fingerprint density at radius 2 is 1.85 bits per heavy atom. The monoisotopic (exact) mass is 374 g/mol. The highest BCUT2D eigenvalue weighted by atomic mass is 35.5. The Bertz CT molecular complexity index is 892. The Labute approximate surface area is 158 Å². The SMILES string of the molecule is CCOCCn1c(Cc2ccc(OC)c(OC)c2)nc2cc(Cl)ccc21. The highest BCUT2D eigenvalue weighted by Crippen LogP contribution is 2.29. The molecule has 6 heteroatoms. The number of ether oxygens (including phenoxy) is 3. The number of aromatic nitrogens is 2. The van der Waals surface area contributed by atoms with Crippen LogP contribution in [0.4, 0.5) is 0 Å². The largest absolute Gasteiger partial charge is 0.493 e. The van der Waals surface area contributed by atoms with Crippen LogP contribution in [-0.4, -0.2) is 37.0 Å². The van der Waals surface area contributed by atoms with Crippen LogP contribution in [0.25, 0.3) is 11.0 Å². The van der Waals surface area contributed by atoms with E-state index in [2.05, 4.69) is 4.57 Å². The van der Waals surface area contributed by atoms with Crippen molar-refractivity contribution in [3.63, 3.8) is 0 Å². The topological polar surface area (TPSA) is 45.5 Å². The second-order valence-corrected chi connectivity index (χ2v) is 6.31. The normalized spacial score (nSPS) is 11.1. The molecule has 0 saturated heterocycles. The zero-order valence-corrected chi connectivity index (χ0v) is 16.0. The Morgan fingerprint density at radius 3 is 2.58 bits per heavy atom. The second-order valence-electron chi connectivity index (χ2n) is 5.88. The van der Waals surface area contributed by atoms with E-state index in [1.54, 1.807) is 14.2 Å². The van der Waals surface area contributed by atoms with Crippen molar-refractivity contribution in [2.24, 2.45) is 0 Å². The van der Waals surface area contributed by atoms with Gasteiger partial charge in [-0.05, 0) is 42.8 Å². The Balaban J connectivity index is 1.96. The van der Waals surface area contributed by atoms with E-state index >= 15 is 0 Å². The summed E-state index contributed by atoms with van der Waals surface area (Å²) in [6.45, 7) is 4.08. The summed E-state index contributed by atoms with van der Waals surface area (Å²) in [5.74, 6) is 2.40. The van der Waals surface area contributed by atoms with Crippen LogP contribution in [0.5, 0.6) is 11.5 Å². The molecule has 0 aliphatic carbocycles. The highest BCUT2D eigenvalue weighted by Gasteiger charge is 2.13. The van der Waals surface area contributed by atoms with Crippen molar-refractivity contribution in [1.82, 2.24) is 9.55 Å². The number of fused-ring (bicyclic) bond motifs is 1. The molecule has 0 radical (unpaired) electrons. The molecule has 0 fully saturated rings. The average molecular weight is 375 g/mol. The quantitative estimate of drug-likeness (QED) is 0.550. The third-order valence-electron chi connectivity index (χ3n) is 4.26. The second kappa shape index (κ2) is 8.43. The first-order valence-corrected chi connectivity index (χ1v) is 8.97. The first-order valence-electron chi connectivity index (χ1n) is 8.59. The zero-order chi connectivity index (χ0) is 18.5. The summed E-state index contributed by atoms with van der Waals surface area (Å²) in [6, 6.07) is 11.7. The van der Waals surface area contributed by atoms with E-state index in [-0.39, 0.29) is 0 Å². The summed E-state index contributed by atoms with van der Waals surface area (Å²) >= 11 is 6.14. The van der Waals surface area contributed by atoms with Gasteiger partial charge in [-0.15, -0.1) is 0 Å². The Kier molecular flexibility index (Phi) is 6.01. The minimum absolute atomic E-state index is 0.642. The van der Waals surface area contributed by atoms with E-state index in [4.69, 9.17) is 30.8 Å². The molecule has 0 amide bonds. The van der Waals surface area contributed by atoms with Crippen molar-refractivity contribution in [3.05, 3.63) is 52.8 Å². The van der Waals surface area contributed by atoms with E-state index in [1.807, 2.05) is 43.3 Å². The van der Waals surface area contributed by atoms with Crippen molar-refractivity contribution in [2.45, 2.75) is 19.9 Å².